The summed E-state index contributed by atoms with van der Waals surface area (Å²) in [4.78, 5) is 0. The molecule has 0 aromatic rings. The average molecular weight is 322 g/mol. The number of aliphatic hydroxyl groups excluding tert-OH is 2. The van der Waals surface area contributed by atoms with Crippen LogP contribution in [-0.4, -0.2) is 33.6 Å². The van der Waals surface area contributed by atoms with Crippen molar-refractivity contribution in [2.45, 2.75) is 90.1 Å². The average Bonchev–Trinajstić information content (AvgIpc) is 2.39. The molecule has 3 nitrogen and oxygen atoms in total. The highest BCUT2D eigenvalue weighted by Gasteiger charge is 2.64. The molecule has 0 amide bonds. The van der Waals surface area contributed by atoms with E-state index >= 15 is 0 Å². The SMILES string of the molecule is C=C[C@]1(C)O[C@@]2(C)CC[C@@H]3C(C)(C)C[C@@H](O)C[C@@]3(C)[C@@H]2C[C@H]1O. The van der Waals surface area contributed by atoms with Gasteiger partial charge in [0.05, 0.1) is 17.8 Å². The maximum atomic E-state index is 10.7. The van der Waals surface area contributed by atoms with E-state index in [9.17, 15) is 10.2 Å². The summed E-state index contributed by atoms with van der Waals surface area (Å²) in [6, 6.07) is 0. The molecule has 0 aromatic heterocycles. The Morgan fingerprint density at radius 1 is 1.04 bits per heavy atom. The molecular formula is C20H34O3. The number of ether oxygens (including phenoxy) is 1. The summed E-state index contributed by atoms with van der Waals surface area (Å²) in [5.41, 5.74) is -0.770. The molecule has 132 valence electrons. The lowest BCUT2D eigenvalue weighted by Crippen LogP contribution is -2.66. The summed E-state index contributed by atoms with van der Waals surface area (Å²) in [6.45, 7) is 15.0. The molecule has 1 saturated heterocycles. The molecule has 3 rings (SSSR count). The van der Waals surface area contributed by atoms with Gasteiger partial charge in [0.2, 0.25) is 0 Å². The number of fused-ring (bicyclic) bond motifs is 3. The molecular weight excluding hydrogens is 288 g/mol. The Kier molecular flexibility index (Phi) is 3.84. The van der Waals surface area contributed by atoms with Gasteiger partial charge in [-0.15, -0.1) is 6.58 Å². The second-order valence-electron chi connectivity index (χ2n) is 9.75. The van der Waals surface area contributed by atoms with E-state index < -0.39 is 11.7 Å². The molecule has 3 aliphatic rings. The van der Waals surface area contributed by atoms with Gasteiger partial charge in [-0.3, -0.25) is 0 Å². The minimum Gasteiger partial charge on any atom is -0.393 e. The smallest absolute Gasteiger partial charge is 0.110 e. The second-order valence-corrected chi connectivity index (χ2v) is 9.75. The monoisotopic (exact) mass is 322 g/mol. The number of aliphatic hydroxyl groups is 2. The van der Waals surface area contributed by atoms with E-state index in [2.05, 4.69) is 34.3 Å². The molecule has 0 radical (unpaired) electrons. The van der Waals surface area contributed by atoms with Crippen LogP contribution in [0.4, 0.5) is 0 Å². The third kappa shape index (κ3) is 2.42. The van der Waals surface area contributed by atoms with Gasteiger partial charge in [0.25, 0.3) is 0 Å². The summed E-state index contributed by atoms with van der Waals surface area (Å²) in [6.07, 6.45) is 5.56. The van der Waals surface area contributed by atoms with E-state index in [1.807, 2.05) is 6.92 Å². The van der Waals surface area contributed by atoms with Crippen LogP contribution in [0.15, 0.2) is 12.7 Å². The van der Waals surface area contributed by atoms with Crippen molar-refractivity contribution >= 4 is 0 Å². The minimum atomic E-state index is -0.669. The zero-order chi connectivity index (χ0) is 17.3. The highest BCUT2D eigenvalue weighted by molar-refractivity contribution is 5.15. The van der Waals surface area contributed by atoms with Gasteiger partial charge in [-0.05, 0) is 68.6 Å². The third-order valence-corrected chi connectivity index (χ3v) is 7.62. The fourth-order valence-corrected chi connectivity index (χ4v) is 6.62. The van der Waals surface area contributed by atoms with Crippen molar-refractivity contribution in [2.75, 3.05) is 0 Å². The Balaban J connectivity index is 2.01. The van der Waals surface area contributed by atoms with Gasteiger partial charge in [0.15, 0.2) is 0 Å². The molecule has 7 atom stereocenters. The maximum absolute atomic E-state index is 10.7. The fraction of sp³-hybridized carbons (Fsp3) is 0.900. The molecule has 2 N–H and O–H groups in total. The number of rotatable bonds is 1. The van der Waals surface area contributed by atoms with Crippen LogP contribution in [-0.2, 0) is 4.74 Å². The minimum absolute atomic E-state index is 0.0116. The predicted octanol–water partition coefficient (Wildman–Crippen LogP) is 3.68. The molecule has 23 heavy (non-hydrogen) atoms. The highest BCUT2D eigenvalue weighted by Crippen LogP contribution is 2.65. The molecule has 3 fully saturated rings. The van der Waals surface area contributed by atoms with Crippen molar-refractivity contribution in [3.63, 3.8) is 0 Å². The van der Waals surface area contributed by atoms with E-state index in [0.29, 0.717) is 5.92 Å². The van der Waals surface area contributed by atoms with Crippen molar-refractivity contribution < 1.29 is 14.9 Å². The lowest BCUT2D eigenvalue weighted by atomic mass is 9.44. The first kappa shape index (κ1) is 17.4. The molecule has 0 unspecified atom stereocenters. The Hall–Kier alpha value is -0.380. The summed E-state index contributed by atoms with van der Waals surface area (Å²) in [5, 5.41) is 21.2. The first-order valence-electron chi connectivity index (χ1n) is 9.17. The van der Waals surface area contributed by atoms with Crippen LogP contribution in [0.25, 0.3) is 0 Å². The largest absolute Gasteiger partial charge is 0.393 e. The molecule has 0 aromatic carbocycles. The van der Waals surface area contributed by atoms with Gasteiger partial charge >= 0.3 is 0 Å². The van der Waals surface area contributed by atoms with E-state index in [1.165, 1.54) is 0 Å². The Bertz CT molecular complexity index is 501. The van der Waals surface area contributed by atoms with E-state index in [-0.39, 0.29) is 28.5 Å². The van der Waals surface area contributed by atoms with Crippen molar-refractivity contribution in [1.82, 2.24) is 0 Å². The normalized spacial score (nSPS) is 55.6. The third-order valence-electron chi connectivity index (χ3n) is 7.62. The molecule has 1 aliphatic heterocycles. The lowest BCUT2D eigenvalue weighted by Gasteiger charge is -2.66. The summed E-state index contributed by atoms with van der Waals surface area (Å²) in [7, 11) is 0. The molecule has 3 heteroatoms. The maximum Gasteiger partial charge on any atom is 0.110 e. The van der Waals surface area contributed by atoms with Gasteiger partial charge < -0.3 is 14.9 Å². The van der Waals surface area contributed by atoms with Crippen LogP contribution >= 0.6 is 0 Å². The van der Waals surface area contributed by atoms with Crippen molar-refractivity contribution in [3.8, 4) is 0 Å². The van der Waals surface area contributed by atoms with Crippen LogP contribution in [0.2, 0.25) is 0 Å². The van der Waals surface area contributed by atoms with Gasteiger partial charge in [-0.1, -0.05) is 26.8 Å². The molecule has 0 bridgehead atoms. The van der Waals surface area contributed by atoms with Crippen LogP contribution < -0.4 is 0 Å². The molecule has 2 saturated carbocycles. The van der Waals surface area contributed by atoms with Crippen LogP contribution in [0.3, 0.4) is 0 Å². The van der Waals surface area contributed by atoms with Gasteiger partial charge in [-0.2, -0.15) is 0 Å². The van der Waals surface area contributed by atoms with Crippen molar-refractivity contribution in [3.05, 3.63) is 12.7 Å². The van der Waals surface area contributed by atoms with Crippen LogP contribution in [0, 0.1) is 22.7 Å². The van der Waals surface area contributed by atoms with Gasteiger partial charge in [0.1, 0.15) is 5.60 Å². The zero-order valence-corrected chi connectivity index (χ0v) is 15.4. The van der Waals surface area contributed by atoms with E-state index in [0.717, 1.165) is 32.1 Å². The van der Waals surface area contributed by atoms with Crippen LogP contribution in [0.5, 0.6) is 0 Å². The first-order valence-corrected chi connectivity index (χ1v) is 9.17. The fourth-order valence-electron chi connectivity index (χ4n) is 6.62. The second kappa shape index (κ2) is 5.06. The Morgan fingerprint density at radius 3 is 2.30 bits per heavy atom. The highest BCUT2D eigenvalue weighted by atomic mass is 16.5. The topological polar surface area (TPSA) is 49.7 Å². The van der Waals surface area contributed by atoms with Crippen molar-refractivity contribution in [1.29, 1.82) is 0 Å². The van der Waals surface area contributed by atoms with Crippen LogP contribution in [0.1, 0.15) is 66.7 Å². The zero-order valence-electron chi connectivity index (χ0n) is 15.4. The standard InChI is InChI=1S/C20H34O3/c1-7-19(5)16(22)10-15-18(4)12-13(21)11-17(2,3)14(18)8-9-20(15,6)23-19/h7,13-16,21-22H,1,8-12H2,2-6H3/t13-,14-,15+,16-,18-,19+,20+/m1/s1. The molecule has 0 spiro atoms. The molecule has 2 aliphatic carbocycles. The quantitative estimate of drug-likeness (QED) is 0.724. The first-order chi connectivity index (χ1) is 10.5. The van der Waals surface area contributed by atoms with E-state index in [1.54, 1.807) is 6.08 Å². The van der Waals surface area contributed by atoms with Crippen molar-refractivity contribution in [2.24, 2.45) is 22.7 Å². The number of hydrogen-bond donors (Lipinski definition) is 2. The van der Waals surface area contributed by atoms with Gasteiger partial charge in [0, 0.05) is 0 Å². The Morgan fingerprint density at radius 2 is 1.70 bits per heavy atom. The summed E-state index contributed by atoms with van der Waals surface area (Å²) in [5.74, 6) is 0.839. The Labute approximate surface area is 141 Å². The summed E-state index contributed by atoms with van der Waals surface area (Å²) >= 11 is 0. The van der Waals surface area contributed by atoms with Gasteiger partial charge in [-0.25, -0.2) is 0 Å². The van der Waals surface area contributed by atoms with E-state index in [4.69, 9.17) is 4.74 Å². The lowest BCUT2D eigenvalue weighted by molar-refractivity contribution is -0.287. The summed E-state index contributed by atoms with van der Waals surface area (Å²) < 4.78 is 6.49. The number of hydrogen-bond acceptors (Lipinski definition) is 3. The predicted molar refractivity (Wildman–Crippen MR) is 92.1 cm³/mol. The molecule has 1 heterocycles.